The van der Waals surface area contributed by atoms with Crippen LogP contribution in [-0.2, 0) is 14.4 Å². The number of hydrogen-bond acceptors (Lipinski definition) is 4. The van der Waals surface area contributed by atoms with E-state index in [9.17, 15) is 14.4 Å². The Morgan fingerprint density at radius 3 is 2.18 bits per heavy atom. The molecule has 0 spiro atoms. The minimum absolute atomic E-state index is 0.00845. The monoisotopic (exact) mass is 246 g/mol. The smallest absolute Gasteiger partial charge is 0.326 e. The molecule has 0 aliphatic carbocycles. The molecule has 7 nitrogen and oxygen atoms in total. The number of nitrogens with one attached hydrogen (secondary N) is 2. The highest BCUT2D eigenvalue weighted by atomic mass is 16.4. The summed E-state index contributed by atoms with van der Waals surface area (Å²) < 4.78 is 0. The van der Waals surface area contributed by atoms with Gasteiger partial charge in [0.05, 0.1) is 6.54 Å². The first-order valence-electron chi connectivity index (χ1n) is 5.30. The Morgan fingerprint density at radius 2 is 1.76 bits per heavy atom. The Bertz CT molecular complexity index is 290. The molecule has 0 fully saturated rings. The van der Waals surface area contributed by atoms with Gasteiger partial charge in [-0.15, -0.1) is 0 Å². The van der Waals surface area contributed by atoms with Crippen LogP contribution < -0.4 is 10.6 Å². The summed E-state index contributed by atoms with van der Waals surface area (Å²) in [7, 11) is 0. The Kier molecular flexibility index (Phi) is 6.88. The molecule has 0 unspecified atom stereocenters. The topological polar surface area (TPSA) is 116 Å². The number of amides is 1. The Morgan fingerprint density at radius 1 is 1.18 bits per heavy atom. The van der Waals surface area contributed by atoms with Crippen molar-refractivity contribution in [1.29, 1.82) is 0 Å². The van der Waals surface area contributed by atoms with E-state index in [1.807, 2.05) is 13.8 Å². The van der Waals surface area contributed by atoms with Crippen molar-refractivity contribution in [2.75, 3.05) is 6.54 Å². The van der Waals surface area contributed by atoms with Gasteiger partial charge in [0.25, 0.3) is 0 Å². The van der Waals surface area contributed by atoms with Crippen LogP contribution in [0.4, 0.5) is 0 Å². The summed E-state index contributed by atoms with van der Waals surface area (Å²) in [6.07, 6.45) is -0.424. The SMILES string of the molecule is CC(C)NCC(=O)N[C@@H](CCC(=O)O)C(=O)O. The maximum atomic E-state index is 11.3. The van der Waals surface area contributed by atoms with Gasteiger partial charge in [0.2, 0.25) is 5.91 Å². The Hall–Kier alpha value is -1.63. The molecule has 0 radical (unpaired) electrons. The standard InChI is InChI=1S/C10H18N2O5/c1-6(2)11-5-8(13)12-7(10(16)17)3-4-9(14)15/h6-7,11H,3-5H2,1-2H3,(H,12,13)(H,14,15)(H,16,17)/t7-/m0/s1. The van der Waals surface area contributed by atoms with E-state index >= 15 is 0 Å². The van der Waals surface area contributed by atoms with Crippen molar-refractivity contribution >= 4 is 17.8 Å². The highest BCUT2D eigenvalue weighted by molar-refractivity contribution is 5.85. The van der Waals surface area contributed by atoms with Gasteiger partial charge in [-0.3, -0.25) is 9.59 Å². The van der Waals surface area contributed by atoms with Crippen LogP contribution in [-0.4, -0.2) is 46.7 Å². The second-order valence-corrected chi connectivity index (χ2v) is 3.93. The third-order valence-electron chi connectivity index (χ3n) is 1.95. The van der Waals surface area contributed by atoms with Crippen molar-refractivity contribution < 1.29 is 24.6 Å². The molecule has 0 aromatic heterocycles. The van der Waals surface area contributed by atoms with Crippen LogP contribution in [0.5, 0.6) is 0 Å². The van der Waals surface area contributed by atoms with E-state index in [4.69, 9.17) is 10.2 Å². The van der Waals surface area contributed by atoms with E-state index < -0.39 is 23.9 Å². The second-order valence-electron chi connectivity index (χ2n) is 3.93. The number of carboxylic acids is 2. The van der Waals surface area contributed by atoms with Gasteiger partial charge in [-0.1, -0.05) is 13.8 Å². The fourth-order valence-electron chi connectivity index (χ4n) is 1.07. The summed E-state index contributed by atoms with van der Waals surface area (Å²) in [6.45, 7) is 3.72. The molecule has 1 atom stereocenters. The maximum Gasteiger partial charge on any atom is 0.326 e. The predicted molar refractivity (Wildman–Crippen MR) is 59.6 cm³/mol. The molecule has 1 amide bonds. The van der Waals surface area contributed by atoms with Crippen LogP contribution >= 0.6 is 0 Å². The number of aliphatic carboxylic acids is 2. The fraction of sp³-hybridized carbons (Fsp3) is 0.700. The Balaban J connectivity index is 4.11. The number of hydrogen-bond donors (Lipinski definition) is 4. The van der Waals surface area contributed by atoms with E-state index in [2.05, 4.69) is 10.6 Å². The molecule has 0 bridgehead atoms. The summed E-state index contributed by atoms with van der Waals surface area (Å²) in [5, 5.41) is 22.3. The molecule has 0 saturated heterocycles. The summed E-state index contributed by atoms with van der Waals surface area (Å²) >= 11 is 0. The van der Waals surface area contributed by atoms with Gasteiger partial charge in [-0.2, -0.15) is 0 Å². The van der Waals surface area contributed by atoms with Crippen molar-refractivity contribution in [2.24, 2.45) is 0 Å². The van der Waals surface area contributed by atoms with Crippen molar-refractivity contribution in [3.8, 4) is 0 Å². The van der Waals surface area contributed by atoms with Crippen molar-refractivity contribution in [1.82, 2.24) is 10.6 Å². The summed E-state index contributed by atoms with van der Waals surface area (Å²) in [5.41, 5.74) is 0. The lowest BCUT2D eigenvalue weighted by Gasteiger charge is -2.14. The molecule has 0 rings (SSSR count). The predicted octanol–water partition coefficient (Wildman–Crippen LogP) is -0.581. The van der Waals surface area contributed by atoms with E-state index in [0.717, 1.165) is 0 Å². The summed E-state index contributed by atoms with van der Waals surface area (Å²) in [4.78, 5) is 32.4. The van der Waals surface area contributed by atoms with Crippen LogP contribution in [0.15, 0.2) is 0 Å². The molecular formula is C10H18N2O5. The average Bonchev–Trinajstić information content (AvgIpc) is 2.20. The number of carboxylic acid groups (broad SMARTS) is 2. The minimum Gasteiger partial charge on any atom is -0.481 e. The average molecular weight is 246 g/mol. The lowest BCUT2D eigenvalue weighted by molar-refractivity contribution is -0.142. The first kappa shape index (κ1) is 15.4. The number of rotatable bonds is 8. The summed E-state index contributed by atoms with van der Waals surface area (Å²) in [6, 6.07) is -1.05. The van der Waals surface area contributed by atoms with Crippen LogP contribution in [0, 0.1) is 0 Å². The molecule has 0 aliphatic heterocycles. The number of carbonyl (C=O) groups excluding carboxylic acids is 1. The highest BCUT2D eigenvalue weighted by Gasteiger charge is 2.20. The van der Waals surface area contributed by atoms with Gasteiger partial charge in [-0.05, 0) is 6.42 Å². The summed E-state index contributed by atoms with van der Waals surface area (Å²) in [5.74, 6) is -2.79. The molecule has 0 aliphatic rings. The van der Waals surface area contributed by atoms with Gasteiger partial charge < -0.3 is 20.8 Å². The molecule has 0 heterocycles. The largest absolute Gasteiger partial charge is 0.481 e. The number of carbonyl (C=O) groups is 3. The van der Waals surface area contributed by atoms with E-state index in [0.29, 0.717) is 0 Å². The van der Waals surface area contributed by atoms with Crippen LogP contribution in [0.1, 0.15) is 26.7 Å². The quantitative estimate of drug-likeness (QED) is 0.455. The third-order valence-corrected chi connectivity index (χ3v) is 1.95. The van der Waals surface area contributed by atoms with Crippen LogP contribution in [0.25, 0.3) is 0 Å². The van der Waals surface area contributed by atoms with Gasteiger partial charge in [0, 0.05) is 12.5 Å². The molecule has 4 N–H and O–H groups in total. The fourth-order valence-corrected chi connectivity index (χ4v) is 1.07. The molecule has 0 aromatic rings. The first-order valence-corrected chi connectivity index (χ1v) is 5.30. The van der Waals surface area contributed by atoms with E-state index in [1.54, 1.807) is 0 Å². The third kappa shape index (κ3) is 8.21. The highest BCUT2D eigenvalue weighted by Crippen LogP contribution is 1.97. The van der Waals surface area contributed by atoms with E-state index in [1.165, 1.54) is 0 Å². The minimum atomic E-state index is -1.23. The van der Waals surface area contributed by atoms with E-state index in [-0.39, 0.29) is 25.4 Å². The van der Waals surface area contributed by atoms with Crippen molar-refractivity contribution in [2.45, 2.75) is 38.8 Å². The molecule has 17 heavy (non-hydrogen) atoms. The first-order chi connectivity index (χ1) is 7.82. The zero-order valence-corrected chi connectivity index (χ0v) is 9.90. The molecule has 0 aromatic carbocycles. The molecule has 7 heteroatoms. The molecular weight excluding hydrogens is 228 g/mol. The zero-order valence-electron chi connectivity index (χ0n) is 9.90. The lowest BCUT2D eigenvalue weighted by atomic mass is 10.1. The van der Waals surface area contributed by atoms with Crippen LogP contribution in [0.2, 0.25) is 0 Å². The lowest BCUT2D eigenvalue weighted by Crippen LogP contribution is -2.45. The van der Waals surface area contributed by atoms with Gasteiger partial charge >= 0.3 is 11.9 Å². The van der Waals surface area contributed by atoms with Gasteiger partial charge in [0.1, 0.15) is 6.04 Å². The maximum absolute atomic E-state index is 11.3. The van der Waals surface area contributed by atoms with Crippen molar-refractivity contribution in [3.63, 3.8) is 0 Å². The zero-order chi connectivity index (χ0) is 13.4. The van der Waals surface area contributed by atoms with Crippen molar-refractivity contribution in [3.05, 3.63) is 0 Å². The van der Waals surface area contributed by atoms with Gasteiger partial charge in [-0.25, -0.2) is 4.79 Å². The van der Waals surface area contributed by atoms with Gasteiger partial charge in [0.15, 0.2) is 0 Å². The van der Waals surface area contributed by atoms with Crippen LogP contribution in [0.3, 0.4) is 0 Å². The normalized spacial score (nSPS) is 12.2. The molecule has 98 valence electrons. The second kappa shape index (κ2) is 7.61. The molecule has 0 saturated carbocycles. The Labute approximate surface area is 99.2 Å².